The molecular weight excluding hydrogens is 372 g/mol. The van der Waals surface area contributed by atoms with Crippen molar-refractivity contribution in [3.8, 4) is 0 Å². The summed E-state index contributed by atoms with van der Waals surface area (Å²) in [4.78, 5) is 1.15. The highest BCUT2D eigenvalue weighted by Gasteiger charge is 2.19. The minimum atomic E-state index is -3.56. The molecule has 0 fully saturated rings. The van der Waals surface area contributed by atoms with Gasteiger partial charge in [0.25, 0.3) is 10.0 Å². The molecular formula is C14H17BrN2O2S2. The summed E-state index contributed by atoms with van der Waals surface area (Å²) in [5.41, 5.74) is 0.548. The van der Waals surface area contributed by atoms with Gasteiger partial charge in [-0.2, -0.15) is 0 Å². The van der Waals surface area contributed by atoms with Crippen molar-refractivity contribution in [1.29, 1.82) is 0 Å². The van der Waals surface area contributed by atoms with Crippen LogP contribution in [0.2, 0.25) is 0 Å². The molecule has 0 amide bonds. The molecule has 2 aromatic rings. The zero-order valence-corrected chi connectivity index (χ0v) is 15.0. The Labute approximate surface area is 137 Å². The Morgan fingerprint density at radius 2 is 1.86 bits per heavy atom. The summed E-state index contributed by atoms with van der Waals surface area (Å²) in [6, 6.07) is 8.99. The van der Waals surface area contributed by atoms with Crippen LogP contribution in [0.5, 0.6) is 0 Å². The van der Waals surface area contributed by atoms with Gasteiger partial charge in [-0.3, -0.25) is 4.72 Å². The highest BCUT2D eigenvalue weighted by Crippen LogP contribution is 2.25. The van der Waals surface area contributed by atoms with E-state index in [2.05, 4.69) is 26.0 Å². The summed E-state index contributed by atoms with van der Waals surface area (Å²) in [6.07, 6.45) is 0. The molecule has 2 rings (SSSR count). The number of hydrogen-bond acceptors (Lipinski definition) is 4. The normalized spacial score (nSPS) is 11.8. The summed E-state index contributed by atoms with van der Waals surface area (Å²) < 4.78 is 28.4. The van der Waals surface area contributed by atoms with Crippen LogP contribution in [0.4, 0.5) is 5.69 Å². The summed E-state index contributed by atoms with van der Waals surface area (Å²) >= 11 is 4.77. The standard InChI is InChI=1S/C14H17BrN2O2S2/c1-10(2)16-9-13-14(7-8-20-13)21(18,19)17-12-5-3-11(15)4-6-12/h3-8,10,16-17H,9H2,1-2H3. The lowest BCUT2D eigenvalue weighted by molar-refractivity contribution is 0.581. The molecule has 2 N–H and O–H groups in total. The van der Waals surface area contributed by atoms with Gasteiger partial charge in [-0.15, -0.1) is 11.3 Å². The number of sulfonamides is 1. The molecule has 0 aliphatic heterocycles. The first-order valence-corrected chi connectivity index (χ1v) is 9.62. The predicted octanol–water partition coefficient (Wildman–Crippen LogP) is 3.81. The Bertz CT molecular complexity index is 694. The molecule has 0 aliphatic carbocycles. The van der Waals surface area contributed by atoms with Crippen LogP contribution in [-0.2, 0) is 16.6 Å². The molecule has 7 heteroatoms. The number of rotatable bonds is 6. The molecule has 4 nitrogen and oxygen atoms in total. The molecule has 1 heterocycles. The van der Waals surface area contributed by atoms with Gasteiger partial charge in [0, 0.05) is 27.6 Å². The second-order valence-electron chi connectivity index (χ2n) is 4.86. The third kappa shape index (κ3) is 4.54. The van der Waals surface area contributed by atoms with Crippen LogP contribution in [0.25, 0.3) is 0 Å². The highest BCUT2D eigenvalue weighted by atomic mass is 79.9. The van der Waals surface area contributed by atoms with E-state index in [1.165, 1.54) is 11.3 Å². The van der Waals surface area contributed by atoms with Gasteiger partial charge in [0.15, 0.2) is 0 Å². The van der Waals surface area contributed by atoms with Crippen LogP contribution in [0.1, 0.15) is 18.7 Å². The van der Waals surface area contributed by atoms with Gasteiger partial charge in [0.05, 0.1) is 0 Å². The van der Waals surface area contributed by atoms with Crippen molar-refractivity contribution in [2.45, 2.75) is 31.3 Å². The van der Waals surface area contributed by atoms with E-state index in [0.29, 0.717) is 23.2 Å². The van der Waals surface area contributed by atoms with Gasteiger partial charge in [-0.05, 0) is 35.7 Å². The average Bonchev–Trinajstić information content (AvgIpc) is 2.88. The largest absolute Gasteiger partial charge is 0.310 e. The molecule has 21 heavy (non-hydrogen) atoms. The molecule has 0 spiro atoms. The van der Waals surface area contributed by atoms with E-state index in [9.17, 15) is 8.42 Å². The van der Waals surface area contributed by atoms with Gasteiger partial charge in [0.2, 0.25) is 0 Å². The SMILES string of the molecule is CC(C)NCc1sccc1S(=O)(=O)Nc1ccc(Br)cc1. The van der Waals surface area contributed by atoms with Crippen LogP contribution >= 0.6 is 27.3 Å². The third-order valence-electron chi connectivity index (χ3n) is 2.76. The average molecular weight is 389 g/mol. The van der Waals surface area contributed by atoms with E-state index in [1.807, 2.05) is 13.8 Å². The Morgan fingerprint density at radius 3 is 2.48 bits per heavy atom. The number of nitrogens with one attached hydrogen (secondary N) is 2. The fourth-order valence-electron chi connectivity index (χ4n) is 1.72. The minimum absolute atomic E-state index is 0.307. The maximum Gasteiger partial charge on any atom is 0.263 e. The minimum Gasteiger partial charge on any atom is -0.310 e. The molecule has 1 aromatic carbocycles. The fourth-order valence-corrected chi connectivity index (χ4v) is 4.44. The molecule has 0 bridgehead atoms. The zero-order chi connectivity index (χ0) is 15.5. The van der Waals surface area contributed by atoms with E-state index >= 15 is 0 Å². The molecule has 0 saturated carbocycles. The molecule has 114 valence electrons. The van der Waals surface area contributed by atoms with E-state index in [-0.39, 0.29) is 0 Å². The first-order chi connectivity index (χ1) is 9.88. The van der Waals surface area contributed by atoms with Crippen molar-refractivity contribution >= 4 is 43.0 Å². The van der Waals surface area contributed by atoms with E-state index < -0.39 is 10.0 Å². The molecule has 1 aromatic heterocycles. The first-order valence-electron chi connectivity index (χ1n) is 6.46. The van der Waals surface area contributed by atoms with Crippen LogP contribution in [0, 0.1) is 0 Å². The van der Waals surface area contributed by atoms with Crippen molar-refractivity contribution in [2.75, 3.05) is 4.72 Å². The molecule has 0 radical (unpaired) electrons. The molecule has 0 unspecified atom stereocenters. The van der Waals surface area contributed by atoms with Gasteiger partial charge < -0.3 is 5.32 Å². The second kappa shape index (κ2) is 6.91. The van der Waals surface area contributed by atoms with Crippen LogP contribution in [0.15, 0.2) is 45.1 Å². The molecule has 0 saturated heterocycles. The predicted molar refractivity (Wildman–Crippen MR) is 91.2 cm³/mol. The van der Waals surface area contributed by atoms with Crippen LogP contribution < -0.4 is 10.0 Å². The van der Waals surface area contributed by atoms with E-state index in [1.54, 1.807) is 35.7 Å². The number of thiophene rings is 1. The Balaban J connectivity index is 2.19. The fraction of sp³-hybridized carbons (Fsp3) is 0.286. The van der Waals surface area contributed by atoms with Gasteiger partial charge in [-0.25, -0.2) is 8.42 Å². The Hall–Kier alpha value is -0.890. The first kappa shape index (κ1) is 16.5. The number of benzene rings is 1. The number of halogens is 1. The smallest absolute Gasteiger partial charge is 0.263 e. The quantitative estimate of drug-likeness (QED) is 0.790. The summed E-state index contributed by atoms with van der Waals surface area (Å²) in [6.45, 7) is 4.61. The van der Waals surface area contributed by atoms with Gasteiger partial charge in [0.1, 0.15) is 4.90 Å². The summed E-state index contributed by atoms with van der Waals surface area (Å²) in [5, 5.41) is 5.04. The van der Waals surface area contributed by atoms with E-state index in [0.717, 1.165) is 9.35 Å². The second-order valence-corrected chi connectivity index (χ2v) is 8.42. The Morgan fingerprint density at radius 1 is 1.19 bits per heavy atom. The van der Waals surface area contributed by atoms with Gasteiger partial charge in [-0.1, -0.05) is 29.8 Å². The van der Waals surface area contributed by atoms with Crippen molar-refractivity contribution < 1.29 is 8.42 Å². The maximum atomic E-state index is 12.5. The van der Waals surface area contributed by atoms with Crippen molar-refractivity contribution in [2.24, 2.45) is 0 Å². The highest BCUT2D eigenvalue weighted by molar-refractivity contribution is 9.10. The number of anilines is 1. The van der Waals surface area contributed by atoms with E-state index in [4.69, 9.17) is 0 Å². The lowest BCUT2D eigenvalue weighted by Gasteiger charge is -2.11. The third-order valence-corrected chi connectivity index (χ3v) is 5.81. The van der Waals surface area contributed by atoms with Crippen molar-refractivity contribution in [3.05, 3.63) is 45.1 Å². The van der Waals surface area contributed by atoms with Crippen LogP contribution in [-0.4, -0.2) is 14.5 Å². The number of hydrogen-bond donors (Lipinski definition) is 2. The van der Waals surface area contributed by atoms with Crippen molar-refractivity contribution in [3.63, 3.8) is 0 Å². The topological polar surface area (TPSA) is 58.2 Å². The molecule has 0 aliphatic rings. The molecule has 0 atom stereocenters. The van der Waals surface area contributed by atoms with Crippen LogP contribution in [0.3, 0.4) is 0 Å². The maximum absolute atomic E-state index is 12.5. The zero-order valence-electron chi connectivity index (χ0n) is 11.8. The lowest BCUT2D eigenvalue weighted by atomic mass is 10.3. The van der Waals surface area contributed by atoms with Gasteiger partial charge >= 0.3 is 0 Å². The summed E-state index contributed by atoms with van der Waals surface area (Å²) in [5.74, 6) is 0. The van der Waals surface area contributed by atoms with Crippen molar-refractivity contribution in [1.82, 2.24) is 5.32 Å². The monoisotopic (exact) mass is 388 g/mol. The summed E-state index contributed by atoms with van der Waals surface area (Å²) in [7, 11) is -3.56. The lowest BCUT2D eigenvalue weighted by Crippen LogP contribution is -2.23. The Kier molecular flexibility index (Phi) is 5.43.